The van der Waals surface area contributed by atoms with Crippen molar-refractivity contribution in [1.29, 1.82) is 0 Å². The summed E-state index contributed by atoms with van der Waals surface area (Å²) in [7, 11) is 3.29. The van der Waals surface area contributed by atoms with Crippen LogP contribution in [0.5, 0.6) is 17.2 Å². The molecule has 3 rings (SSSR count). The van der Waals surface area contributed by atoms with Gasteiger partial charge in [-0.15, -0.1) is 0 Å². The van der Waals surface area contributed by atoms with Gasteiger partial charge in [0, 0.05) is 31.8 Å². The smallest absolute Gasteiger partial charge is 0.161 e. The number of hydrogen-bond acceptors (Lipinski definition) is 6. The van der Waals surface area contributed by atoms with Gasteiger partial charge in [0.05, 0.1) is 13.7 Å². The fraction of sp³-hybridized carbons (Fsp3) is 0.520. The molecule has 6 nitrogen and oxygen atoms in total. The highest BCUT2D eigenvalue weighted by Gasteiger charge is 2.33. The first-order valence-electron chi connectivity index (χ1n) is 11.0. The third-order valence-corrected chi connectivity index (χ3v) is 6.48. The number of nitrogens with zero attached hydrogens (tertiary/aromatic N) is 1. The number of benzene rings is 2. The Kier molecular flexibility index (Phi) is 8.65. The number of hydrogen-bond donors (Lipinski definition) is 1. The summed E-state index contributed by atoms with van der Waals surface area (Å²) in [6, 6.07) is 9.84. The number of rotatable bonds is 10. The van der Waals surface area contributed by atoms with Crippen LogP contribution in [0.3, 0.4) is 0 Å². The lowest BCUT2D eigenvalue weighted by Gasteiger charge is -2.38. The highest BCUT2D eigenvalue weighted by molar-refractivity contribution is 6.32. The second kappa shape index (κ2) is 11.2. The maximum Gasteiger partial charge on any atom is 0.161 e. The van der Waals surface area contributed by atoms with Crippen molar-refractivity contribution in [2.24, 2.45) is 0 Å². The van der Waals surface area contributed by atoms with E-state index in [-0.39, 0.29) is 6.61 Å². The lowest BCUT2D eigenvalue weighted by atomic mass is 9.92. The molecular weight excluding hydrogens is 430 g/mol. The molecule has 0 bridgehead atoms. The van der Waals surface area contributed by atoms with Gasteiger partial charge in [0.1, 0.15) is 24.6 Å². The molecule has 0 unspecified atom stereocenters. The number of halogens is 1. The molecule has 1 N–H and O–H groups in total. The summed E-state index contributed by atoms with van der Waals surface area (Å²) < 4.78 is 22.2. The minimum absolute atomic E-state index is 0.279. The van der Waals surface area contributed by atoms with Gasteiger partial charge in [0.25, 0.3) is 0 Å². The molecule has 0 atom stereocenters. The Labute approximate surface area is 196 Å². The van der Waals surface area contributed by atoms with E-state index in [1.807, 2.05) is 38.1 Å². The van der Waals surface area contributed by atoms with E-state index in [0.717, 1.165) is 52.8 Å². The van der Waals surface area contributed by atoms with Crippen LogP contribution in [0, 0.1) is 13.8 Å². The Morgan fingerprint density at radius 1 is 0.969 bits per heavy atom. The summed E-state index contributed by atoms with van der Waals surface area (Å²) >= 11 is 6.24. The van der Waals surface area contributed by atoms with Crippen LogP contribution in [-0.4, -0.2) is 62.7 Å². The first kappa shape index (κ1) is 24.6. The minimum atomic E-state index is -0.827. The zero-order chi connectivity index (χ0) is 23.1. The van der Waals surface area contributed by atoms with Gasteiger partial charge < -0.3 is 24.1 Å². The Morgan fingerprint density at radius 2 is 1.66 bits per heavy atom. The van der Waals surface area contributed by atoms with Crippen LogP contribution in [0.15, 0.2) is 30.3 Å². The fourth-order valence-corrected chi connectivity index (χ4v) is 4.01. The van der Waals surface area contributed by atoms with Gasteiger partial charge in [-0.1, -0.05) is 17.7 Å². The van der Waals surface area contributed by atoms with Crippen molar-refractivity contribution in [2.45, 2.75) is 38.8 Å². The zero-order valence-electron chi connectivity index (χ0n) is 19.4. The van der Waals surface area contributed by atoms with Crippen LogP contribution >= 0.6 is 11.6 Å². The highest BCUT2D eigenvalue weighted by atomic mass is 35.5. The second-order valence-corrected chi connectivity index (χ2v) is 8.86. The van der Waals surface area contributed by atoms with Crippen molar-refractivity contribution >= 4 is 11.6 Å². The predicted octanol–water partition coefficient (Wildman–Crippen LogP) is 4.40. The lowest BCUT2D eigenvalue weighted by Crippen LogP contribution is -2.47. The number of aliphatic hydroxyl groups is 1. The normalized spacial score (nSPS) is 16.1. The molecule has 1 aliphatic heterocycles. The zero-order valence-corrected chi connectivity index (χ0v) is 20.2. The van der Waals surface area contributed by atoms with Crippen LogP contribution in [-0.2, 0) is 11.3 Å². The highest BCUT2D eigenvalue weighted by Crippen LogP contribution is 2.31. The van der Waals surface area contributed by atoms with E-state index in [1.165, 1.54) is 0 Å². The third kappa shape index (κ3) is 6.51. The first-order chi connectivity index (χ1) is 15.3. The van der Waals surface area contributed by atoms with E-state index >= 15 is 0 Å². The monoisotopic (exact) mass is 463 g/mol. The molecule has 0 aromatic heterocycles. The standard InChI is InChI=1S/C25H34ClNO5/c1-18-13-21(14-19(2)24(18)26)32-17-25(28)7-9-27(10-8-25)16-20-5-6-22(30-4)23(15-20)31-12-11-29-3/h5-6,13-15,28H,7-12,16-17H2,1-4H3. The fourth-order valence-electron chi connectivity index (χ4n) is 3.90. The maximum absolute atomic E-state index is 11.0. The van der Waals surface area contributed by atoms with E-state index in [9.17, 15) is 5.11 Å². The molecule has 0 amide bonds. The molecule has 7 heteroatoms. The molecule has 1 heterocycles. The van der Waals surface area contributed by atoms with Crippen molar-refractivity contribution < 1.29 is 24.1 Å². The maximum atomic E-state index is 11.0. The topological polar surface area (TPSA) is 60.4 Å². The van der Waals surface area contributed by atoms with Gasteiger partial charge >= 0.3 is 0 Å². The van der Waals surface area contributed by atoms with E-state index in [0.29, 0.717) is 31.8 Å². The largest absolute Gasteiger partial charge is 0.493 e. The Bertz CT molecular complexity index is 873. The van der Waals surface area contributed by atoms with Gasteiger partial charge in [-0.2, -0.15) is 0 Å². The molecule has 0 radical (unpaired) electrons. The van der Waals surface area contributed by atoms with Gasteiger partial charge in [0.2, 0.25) is 0 Å². The molecule has 2 aromatic rings. The summed E-state index contributed by atoms with van der Waals surface area (Å²) in [5, 5.41) is 11.8. The van der Waals surface area contributed by atoms with Crippen molar-refractivity contribution in [1.82, 2.24) is 4.90 Å². The number of piperidine rings is 1. The molecule has 0 spiro atoms. The predicted molar refractivity (Wildman–Crippen MR) is 126 cm³/mol. The number of methoxy groups -OCH3 is 2. The van der Waals surface area contributed by atoms with Crippen LogP contribution < -0.4 is 14.2 Å². The van der Waals surface area contributed by atoms with Crippen molar-refractivity contribution in [3.8, 4) is 17.2 Å². The Morgan fingerprint density at radius 3 is 2.28 bits per heavy atom. The van der Waals surface area contributed by atoms with Gasteiger partial charge in [-0.3, -0.25) is 4.90 Å². The van der Waals surface area contributed by atoms with Gasteiger partial charge in [-0.05, 0) is 67.6 Å². The van der Waals surface area contributed by atoms with Gasteiger partial charge in [-0.25, -0.2) is 0 Å². The average molecular weight is 464 g/mol. The van der Waals surface area contributed by atoms with E-state index < -0.39 is 5.60 Å². The summed E-state index contributed by atoms with van der Waals surface area (Å²) in [6.45, 7) is 7.58. The number of aryl methyl sites for hydroxylation is 2. The van der Waals surface area contributed by atoms with Crippen LogP contribution in [0.1, 0.15) is 29.5 Å². The van der Waals surface area contributed by atoms with E-state index in [2.05, 4.69) is 11.0 Å². The number of likely N-dealkylation sites (tertiary alicyclic amines) is 1. The summed E-state index contributed by atoms with van der Waals surface area (Å²) in [4.78, 5) is 2.34. The third-order valence-electron chi connectivity index (χ3n) is 5.88. The van der Waals surface area contributed by atoms with Crippen LogP contribution in [0.4, 0.5) is 0 Å². The van der Waals surface area contributed by atoms with Crippen LogP contribution in [0.2, 0.25) is 5.02 Å². The summed E-state index contributed by atoms with van der Waals surface area (Å²) in [6.07, 6.45) is 1.32. The molecule has 1 aliphatic rings. The summed E-state index contributed by atoms with van der Waals surface area (Å²) in [5.74, 6) is 2.18. The van der Waals surface area contributed by atoms with Crippen molar-refractivity contribution in [3.05, 3.63) is 52.0 Å². The average Bonchev–Trinajstić information content (AvgIpc) is 2.78. The number of ether oxygens (including phenoxy) is 4. The SMILES string of the molecule is COCCOc1cc(CN2CCC(O)(COc3cc(C)c(Cl)c(C)c3)CC2)ccc1OC. The molecule has 0 aliphatic carbocycles. The Hall–Kier alpha value is -1.99. The summed E-state index contributed by atoms with van der Waals surface area (Å²) in [5.41, 5.74) is 2.28. The molecule has 176 valence electrons. The second-order valence-electron chi connectivity index (χ2n) is 8.49. The molecule has 1 saturated heterocycles. The lowest BCUT2D eigenvalue weighted by molar-refractivity contribution is -0.0537. The van der Waals surface area contributed by atoms with Gasteiger partial charge in [0.15, 0.2) is 11.5 Å². The first-order valence-corrected chi connectivity index (χ1v) is 11.3. The van der Waals surface area contributed by atoms with E-state index in [4.69, 9.17) is 30.5 Å². The van der Waals surface area contributed by atoms with Crippen molar-refractivity contribution in [2.75, 3.05) is 47.1 Å². The molecule has 0 saturated carbocycles. The molecule has 2 aromatic carbocycles. The quantitative estimate of drug-likeness (QED) is 0.527. The molecule has 1 fully saturated rings. The van der Waals surface area contributed by atoms with Crippen LogP contribution in [0.25, 0.3) is 0 Å². The minimum Gasteiger partial charge on any atom is -0.493 e. The van der Waals surface area contributed by atoms with E-state index in [1.54, 1.807) is 14.2 Å². The Balaban J connectivity index is 1.53. The molecule has 32 heavy (non-hydrogen) atoms. The molecular formula is C25H34ClNO5. The van der Waals surface area contributed by atoms with Crippen molar-refractivity contribution in [3.63, 3.8) is 0 Å².